The third-order valence-corrected chi connectivity index (χ3v) is 3.92. The van der Waals surface area contributed by atoms with Crippen LogP contribution in [0.5, 0.6) is 0 Å². The van der Waals surface area contributed by atoms with Crippen molar-refractivity contribution in [2.45, 2.75) is 62.5 Å². The van der Waals surface area contributed by atoms with Gasteiger partial charge in [0.15, 0.2) is 0 Å². The first-order valence-corrected chi connectivity index (χ1v) is 7.38. The average molecular weight is 343 g/mol. The van der Waals surface area contributed by atoms with Gasteiger partial charge in [-0.1, -0.05) is 0 Å². The number of carbonyl (C=O) groups is 1. The Morgan fingerprint density at radius 3 is 2.52 bits per heavy atom. The van der Waals surface area contributed by atoms with Crippen LogP contribution >= 0.6 is 0 Å². The predicted molar refractivity (Wildman–Crippen MR) is 69.8 cm³/mol. The minimum absolute atomic E-state index is 0.0366. The fourth-order valence-electron chi connectivity index (χ4n) is 2.64. The van der Waals surface area contributed by atoms with Crippen molar-refractivity contribution in [1.29, 1.82) is 0 Å². The van der Waals surface area contributed by atoms with E-state index in [0.717, 1.165) is 0 Å². The summed E-state index contributed by atoms with van der Waals surface area (Å²) in [5.41, 5.74) is 0. The third-order valence-electron chi connectivity index (χ3n) is 3.92. The van der Waals surface area contributed by atoms with Gasteiger partial charge in [-0.2, -0.15) is 0 Å². The minimum Gasteiger partial charge on any atom is -0.465 e. The van der Waals surface area contributed by atoms with Gasteiger partial charge in [0, 0.05) is 12.8 Å². The first-order valence-electron chi connectivity index (χ1n) is 7.38. The highest BCUT2D eigenvalue weighted by atomic mass is 19.4. The maximum Gasteiger partial charge on any atom is 0.522 e. The molecular weight excluding hydrogens is 323 g/mol. The van der Waals surface area contributed by atoms with E-state index in [1.54, 1.807) is 0 Å². The van der Waals surface area contributed by atoms with E-state index in [2.05, 4.69) is 10.1 Å². The number of hydrogen-bond acceptors (Lipinski definition) is 5. The fourth-order valence-corrected chi connectivity index (χ4v) is 2.64. The highest BCUT2D eigenvalue weighted by Gasteiger charge is 2.41. The molecule has 10 heteroatoms. The lowest BCUT2D eigenvalue weighted by molar-refractivity contribution is -0.357. The molecule has 1 heterocycles. The summed E-state index contributed by atoms with van der Waals surface area (Å²) in [6, 6.07) is -0.302. The first kappa shape index (κ1) is 18.2. The van der Waals surface area contributed by atoms with Crippen LogP contribution < -0.4 is 5.32 Å². The van der Waals surface area contributed by atoms with Crippen molar-refractivity contribution in [3.05, 3.63) is 0 Å². The lowest BCUT2D eigenvalue weighted by Crippen LogP contribution is -2.47. The Kier molecular flexibility index (Phi) is 6.06. The molecule has 3 N–H and O–H groups in total. The summed E-state index contributed by atoms with van der Waals surface area (Å²) in [6.07, 6.45) is -7.07. The van der Waals surface area contributed by atoms with Gasteiger partial charge in [-0.3, -0.25) is 4.74 Å². The Morgan fingerprint density at radius 2 is 2.00 bits per heavy atom. The van der Waals surface area contributed by atoms with Gasteiger partial charge in [0.1, 0.15) is 6.10 Å². The van der Waals surface area contributed by atoms with Gasteiger partial charge < -0.3 is 25.0 Å². The molecule has 7 nitrogen and oxygen atoms in total. The van der Waals surface area contributed by atoms with Gasteiger partial charge in [-0.05, 0) is 12.8 Å². The van der Waals surface area contributed by atoms with E-state index >= 15 is 0 Å². The molecule has 0 aromatic carbocycles. The van der Waals surface area contributed by atoms with Crippen LogP contribution in [0.2, 0.25) is 0 Å². The lowest BCUT2D eigenvalue weighted by Gasteiger charge is -2.37. The SMILES string of the molecule is O=C(O)N[C@@H]1CC[C@@H](C(O)COC2CC(OC(F)(F)F)C2)OC1. The zero-order chi connectivity index (χ0) is 17.0. The van der Waals surface area contributed by atoms with Gasteiger partial charge in [-0.15, -0.1) is 13.2 Å². The molecule has 1 aliphatic carbocycles. The van der Waals surface area contributed by atoms with Crippen LogP contribution in [-0.2, 0) is 14.2 Å². The molecule has 23 heavy (non-hydrogen) atoms. The molecule has 1 saturated carbocycles. The zero-order valence-electron chi connectivity index (χ0n) is 12.3. The Bertz CT molecular complexity index is 394. The summed E-state index contributed by atoms with van der Waals surface area (Å²) in [5, 5.41) is 20.9. The van der Waals surface area contributed by atoms with E-state index in [0.29, 0.717) is 12.8 Å². The van der Waals surface area contributed by atoms with Crippen molar-refractivity contribution in [3.8, 4) is 0 Å². The molecule has 1 amide bonds. The van der Waals surface area contributed by atoms with E-state index in [1.165, 1.54) is 0 Å². The van der Waals surface area contributed by atoms with Crippen LogP contribution in [0.25, 0.3) is 0 Å². The van der Waals surface area contributed by atoms with Crippen LogP contribution in [0.15, 0.2) is 0 Å². The van der Waals surface area contributed by atoms with E-state index in [-0.39, 0.29) is 38.2 Å². The van der Waals surface area contributed by atoms with Crippen molar-refractivity contribution in [3.63, 3.8) is 0 Å². The zero-order valence-corrected chi connectivity index (χ0v) is 12.3. The molecule has 1 saturated heterocycles. The standard InChI is InChI=1S/C13H20F3NO6/c14-13(15,16)23-9-3-8(4-9)21-6-10(18)11-2-1-7(5-22-11)17-12(19)20/h7-11,17-18H,1-6H2,(H,19,20)/t7-,8?,9?,10?,11+/m1/s1. The second-order valence-electron chi connectivity index (χ2n) is 5.78. The summed E-state index contributed by atoms with van der Waals surface area (Å²) < 4.78 is 50.5. The highest BCUT2D eigenvalue weighted by Crippen LogP contribution is 2.32. The van der Waals surface area contributed by atoms with Gasteiger partial charge >= 0.3 is 12.5 Å². The topological polar surface area (TPSA) is 97.3 Å². The first-order chi connectivity index (χ1) is 10.7. The van der Waals surface area contributed by atoms with Gasteiger partial charge in [0.2, 0.25) is 0 Å². The number of halogens is 3. The Labute approximate surface area is 130 Å². The molecule has 134 valence electrons. The molecule has 3 atom stereocenters. The van der Waals surface area contributed by atoms with Crippen LogP contribution in [0.3, 0.4) is 0 Å². The second-order valence-corrected chi connectivity index (χ2v) is 5.78. The van der Waals surface area contributed by atoms with Crippen molar-refractivity contribution in [1.82, 2.24) is 5.32 Å². The van der Waals surface area contributed by atoms with Crippen molar-refractivity contribution < 1.29 is 42.4 Å². The maximum absolute atomic E-state index is 12.0. The molecular formula is C13H20F3NO6. The number of aliphatic hydroxyl groups is 1. The van der Waals surface area contributed by atoms with Crippen molar-refractivity contribution in [2.75, 3.05) is 13.2 Å². The molecule has 0 spiro atoms. The number of nitrogens with one attached hydrogen (secondary N) is 1. The maximum atomic E-state index is 12.0. The summed E-state index contributed by atoms with van der Waals surface area (Å²) in [7, 11) is 0. The molecule has 2 rings (SSSR count). The normalized spacial score (nSPS) is 32.9. The quantitative estimate of drug-likeness (QED) is 0.672. The van der Waals surface area contributed by atoms with E-state index in [4.69, 9.17) is 14.6 Å². The second kappa shape index (κ2) is 7.65. The number of amides is 1. The molecule has 0 radical (unpaired) electrons. The number of alkyl halides is 3. The Hall–Kier alpha value is -1.10. The number of aliphatic hydroxyl groups excluding tert-OH is 1. The molecule has 1 aliphatic heterocycles. The average Bonchev–Trinajstić information content (AvgIpc) is 2.39. The van der Waals surface area contributed by atoms with Gasteiger partial charge in [0.05, 0.1) is 37.6 Å². The minimum atomic E-state index is -4.63. The Balaban J connectivity index is 1.58. The van der Waals surface area contributed by atoms with Crippen LogP contribution in [0, 0.1) is 0 Å². The third kappa shape index (κ3) is 6.13. The van der Waals surface area contributed by atoms with E-state index in [1.807, 2.05) is 0 Å². The molecule has 2 aliphatic rings. The molecule has 0 bridgehead atoms. The summed E-state index contributed by atoms with van der Waals surface area (Å²) >= 11 is 0. The van der Waals surface area contributed by atoms with Crippen molar-refractivity contribution in [2.24, 2.45) is 0 Å². The fraction of sp³-hybridized carbons (Fsp3) is 0.923. The van der Waals surface area contributed by atoms with Crippen LogP contribution in [-0.4, -0.2) is 66.3 Å². The van der Waals surface area contributed by atoms with E-state index < -0.39 is 30.8 Å². The summed E-state index contributed by atoms with van der Waals surface area (Å²) in [5.74, 6) is 0. The van der Waals surface area contributed by atoms with Gasteiger partial charge in [-0.25, -0.2) is 4.79 Å². The number of rotatable bonds is 6. The van der Waals surface area contributed by atoms with Gasteiger partial charge in [0.25, 0.3) is 0 Å². The van der Waals surface area contributed by atoms with Crippen LogP contribution in [0.1, 0.15) is 25.7 Å². The smallest absolute Gasteiger partial charge is 0.465 e. The lowest BCUT2D eigenvalue weighted by atomic mass is 9.92. The van der Waals surface area contributed by atoms with E-state index in [9.17, 15) is 23.1 Å². The van der Waals surface area contributed by atoms with Crippen LogP contribution in [0.4, 0.5) is 18.0 Å². The highest BCUT2D eigenvalue weighted by molar-refractivity contribution is 5.64. The summed E-state index contributed by atoms with van der Waals surface area (Å²) in [4.78, 5) is 10.5. The largest absolute Gasteiger partial charge is 0.522 e. The monoisotopic (exact) mass is 343 g/mol. The molecule has 2 fully saturated rings. The van der Waals surface area contributed by atoms with Crippen molar-refractivity contribution >= 4 is 6.09 Å². The molecule has 0 aromatic rings. The number of hydrogen-bond donors (Lipinski definition) is 3. The molecule has 1 unspecified atom stereocenters. The number of ether oxygens (including phenoxy) is 3. The Morgan fingerprint density at radius 1 is 1.30 bits per heavy atom. The predicted octanol–water partition coefficient (Wildman–Crippen LogP) is 1.25. The number of carboxylic acid groups (broad SMARTS) is 1. The molecule has 0 aromatic heterocycles. The summed E-state index contributed by atoms with van der Waals surface area (Å²) in [6.45, 7) is 0.129.